The van der Waals surface area contributed by atoms with Crippen LogP contribution in [-0.2, 0) is 25.6 Å². The molecule has 0 saturated heterocycles. The number of amides is 1. The minimum absolute atomic E-state index is 0.150. The molecule has 11 heteroatoms. The van der Waals surface area contributed by atoms with Crippen LogP contribution in [0.15, 0.2) is 55.4 Å². The first-order chi connectivity index (χ1) is 16.4. The van der Waals surface area contributed by atoms with Gasteiger partial charge in [0.1, 0.15) is 28.6 Å². The van der Waals surface area contributed by atoms with E-state index in [1.54, 1.807) is 55.6 Å². The van der Waals surface area contributed by atoms with Crippen LogP contribution in [0.2, 0.25) is 0 Å². The van der Waals surface area contributed by atoms with Crippen LogP contribution in [0.4, 0.5) is 5.00 Å². The lowest BCUT2D eigenvalue weighted by Crippen LogP contribution is -2.26. The van der Waals surface area contributed by atoms with Gasteiger partial charge in [0.25, 0.3) is 5.91 Å². The number of rotatable bonds is 8. The van der Waals surface area contributed by atoms with Crippen LogP contribution >= 0.6 is 11.3 Å². The summed E-state index contributed by atoms with van der Waals surface area (Å²) in [6, 6.07) is 10.1. The number of nitrogens with zero attached hydrogens (tertiary/aromatic N) is 1. The molecule has 0 saturated carbocycles. The van der Waals surface area contributed by atoms with Gasteiger partial charge in [-0.05, 0) is 38.1 Å². The number of carbonyl (C=O) groups is 3. The summed E-state index contributed by atoms with van der Waals surface area (Å²) < 4.78 is 21.9. The molecule has 0 radical (unpaired) electrons. The van der Waals surface area contributed by atoms with Crippen LogP contribution in [0.3, 0.4) is 0 Å². The number of aryl methyl sites for hydroxylation is 1. The molecule has 10 nitrogen and oxygen atoms in total. The number of furan rings is 1. The van der Waals surface area contributed by atoms with Gasteiger partial charge >= 0.3 is 17.7 Å². The summed E-state index contributed by atoms with van der Waals surface area (Å²) in [5.41, 5.74) is 1.41. The molecule has 34 heavy (non-hydrogen) atoms. The van der Waals surface area contributed by atoms with Gasteiger partial charge in [0.05, 0.1) is 12.1 Å². The van der Waals surface area contributed by atoms with Crippen molar-refractivity contribution in [3.05, 3.63) is 63.7 Å². The molecule has 1 aromatic carbocycles. The van der Waals surface area contributed by atoms with E-state index in [1.807, 2.05) is 0 Å². The summed E-state index contributed by atoms with van der Waals surface area (Å²) in [5, 5.41) is 4.48. The van der Waals surface area contributed by atoms with Gasteiger partial charge in [-0.1, -0.05) is 12.1 Å². The predicted molar refractivity (Wildman–Crippen MR) is 123 cm³/mol. The first kappa shape index (κ1) is 23.1. The maximum atomic E-state index is 12.6. The predicted octanol–water partition coefficient (Wildman–Crippen LogP) is 3.58. The molecule has 0 bridgehead atoms. The quantitative estimate of drug-likeness (QED) is 0.376. The van der Waals surface area contributed by atoms with E-state index in [2.05, 4.69) is 5.32 Å². The fourth-order valence-corrected chi connectivity index (χ4v) is 4.22. The van der Waals surface area contributed by atoms with E-state index in [4.69, 9.17) is 18.3 Å². The Morgan fingerprint density at radius 1 is 1.09 bits per heavy atom. The third kappa shape index (κ3) is 4.79. The number of aromatic nitrogens is 1. The minimum Gasteiger partial charge on any atom is -0.462 e. The SMILES string of the molecule is CCOC(=O)c1c(-c2ccc(C)o2)csc1NC(=O)COC(=O)Cn1c(=O)oc2ccccc21. The van der Waals surface area contributed by atoms with E-state index in [1.165, 1.54) is 0 Å². The molecule has 0 aliphatic carbocycles. The zero-order valence-electron chi connectivity index (χ0n) is 18.3. The topological polar surface area (TPSA) is 130 Å². The van der Waals surface area contributed by atoms with Crippen LogP contribution in [0.5, 0.6) is 0 Å². The number of benzene rings is 1. The fourth-order valence-electron chi connectivity index (χ4n) is 3.26. The van der Waals surface area contributed by atoms with Crippen molar-refractivity contribution in [2.75, 3.05) is 18.5 Å². The molecule has 1 N–H and O–H groups in total. The Hall–Kier alpha value is -4.12. The average Bonchev–Trinajstić information content (AvgIpc) is 3.50. The lowest BCUT2D eigenvalue weighted by molar-refractivity contribution is -0.147. The molecule has 3 heterocycles. The molecule has 4 rings (SSSR count). The number of para-hydroxylation sites is 2. The Morgan fingerprint density at radius 3 is 2.62 bits per heavy atom. The van der Waals surface area contributed by atoms with Crippen LogP contribution in [0.1, 0.15) is 23.0 Å². The number of hydrogen-bond acceptors (Lipinski definition) is 9. The Kier molecular flexibility index (Phi) is 6.64. The van der Waals surface area contributed by atoms with E-state index >= 15 is 0 Å². The van der Waals surface area contributed by atoms with Gasteiger partial charge in [0.2, 0.25) is 0 Å². The van der Waals surface area contributed by atoms with Gasteiger partial charge in [-0.3, -0.25) is 14.2 Å². The van der Waals surface area contributed by atoms with Crippen molar-refractivity contribution in [2.45, 2.75) is 20.4 Å². The molecule has 4 aromatic rings. The number of anilines is 1. The van der Waals surface area contributed by atoms with E-state index < -0.39 is 36.8 Å². The number of oxazole rings is 1. The summed E-state index contributed by atoms with van der Waals surface area (Å²) in [6.45, 7) is 2.57. The first-order valence-electron chi connectivity index (χ1n) is 10.3. The van der Waals surface area contributed by atoms with E-state index in [-0.39, 0.29) is 17.2 Å². The van der Waals surface area contributed by atoms with Crippen molar-refractivity contribution in [3.8, 4) is 11.3 Å². The summed E-state index contributed by atoms with van der Waals surface area (Å²) >= 11 is 1.11. The van der Waals surface area contributed by atoms with Crippen molar-refractivity contribution in [1.82, 2.24) is 4.57 Å². The lowest BCUT2D eigenvalue weighted by Gasteiger charge is -2.08. The number of thiophene rings is 1. The Morgan fingerprint density at radius 2 is 1.88 bits per heavy atom. The van der Waals surface area contributed by atoms with Crippen molar-refractivity contribution >= 4 is 45.3 Å². The highest BCUT2D eigenvalue weighted by atomic mass is 32.1. The highest BCUT2D eigenvalue weighted by molar-refractivity contribution is 7.15. The summed E-state index contributed by atoms with van der Waals surface area (Å²) in [5.74, 6) is -1.66. The van der Waals surface area contributed by atoms with Crippen LogP contribution in [-0.4, -0.2) is 35.6 Å². The van der Waals surface area contributed by atoms with Crippen molar-refractivity contribution in [3.63, 3.8) is 0 Å². The first-order valence-corrected chi connectivity index (χ1v) is 11.1. The van der Waals surface area contributed by atoms with Gasteiger partial charge in [-0.25, -0.2) is 9.59 Å². The maximum absolute atomic E-state index is 12.6. The number of fused-ring (bicyclic) bond motifs is 1. The molecular weight excluding hydrogens is 464 g/mol. The molecule has 3 aromatic heterocycles. The van der Waals surface area contributed by atoms with Gasteiger partial charge < -0.3 is 23.6 Å². The van der Waals surface area contributed by atoms with Gasteiger partial charge in [-0.2, -0.15) is 0 Å². The zero-order chi connectivity index (χ0) is 24.2. The minimum atomic E-state index is -0.799. The van der Waals surface area contributed by atoms with Crippen molar-refractivity contribution in [1.29, 1.82) is 0 Å². The zero-order valence-corrected chi connectivity index (χ0v) is 19.1. The molecule has 0 aliphatic rings. The molecule has 0 unspecified atom stereocenters. The van der Waals surface area contributed by atoms with Gasteiger partial charge in [-0.15, -0.1) is 11.3 Å². The van der Waals surface area contributed by atoms with E-state index in [0.717, 1.165) is 15.9 Å². The fraction of sp³-hybridized carbons (Fsp3) is 0.217. The highest BCUT2D eigenvalue weighted by Crippen LogP contribution is 2.37. The second-order valence-electron chi connectivity index (χ2n) is 7.11. The van der Waals surface area contributed by atoms with Crippen LogP contribution in [0.25, 0.3) is 22.4 Å². The maximum Gasteiger partial charge on any atom is 0.420 e. The molecule has 0 fully saturated rings. The van der Waals surface area contributed by atoms with Gasteiger partial charge in [0, 0.05) is 10.9 Å². The third-order valence-corrected chi connectivity index (χ3v) is 5.65. The second kappa shape index (κ2) is 9.79. The molecule has 0 aliphatic heterocycles. The molecular formula is C23H20N2O8S. The highest BCUT2D eigenvalue weighted by Gasteiger charge is 2.25. The number of nitrogens with one attached hydrogen (secondary N) is 1. The second-order valence-corrected chi connectivity index (χ2v) is 7.99. The summed E-state index contributed by atoms with van der Waals surface area (Å²) in [6.07, 6.45) is 0. The van der Waals surface area contributed by atoms with Crippen LogP contribution < -0.4 is 11.1 Å². The van der Waals surface area contributed by atoms with E-state index in [0.29, 0.717) is 28.2 Å². The molecule has 0 atom stereocenters. The molecule has 176 valence electrons. The van der Waals surface area contributed by atoms with Crippen LogP contribution in [0, 0.1) is 6.92 Å². The standard InChI is InChI=1S/C23H20N2O8S/c1-3-30-22(28)20-14(16-9-8-13(2)32-16)12-34-21(20)24-18(26)11-31-19(27)10-25-15-6-4-5-7-17(15)33-23(25)29/h4-9,12H,3,10-11H2,1-2H3,(H,24,26). The Labute approximate surface area is 196 Å². The average molecular weight is 484 g/mol. The number of esters is 2. The number of hydrogen-bond donors (Lipinski definition) is 1. The van der Waals surface area contributed by atoms with Crippen molar-refractivity contribution in [2.24, 2.45) is 0 Å². The molecule has 0 spiro atoms. The number of carbonyl (C=O) groups excluding carboxylic acids is 3. The number of ether oxygens (including phenoxy) is 2. The summed E-state index contributed by atoms with van der Waals surface area (Å²) in [7, 11) is 0. The third-order valence-electron chi connectivity index (χ3n) is 4.75. The van der Waals surface area contributed by atoms with Gasteiger partial charge in [0.15, 0.2) is 12.2 Å². The lowest BCUT2D eigenvalue weighted by atomic mass is 10.1. The Bertz CT molecular complexity index is 1420. The monoisotopic (exact) mass is 484 g/mol. The Balaban J connectivity index is 1.44. The normalized spacial score (nSPS) is 10.9. The smallest absolute Gasteiger partial charge is 0.420 e. The van der Waals surface area contributed by atoms with E-state index in [9.17, 15) is 19.2 Å². The molecule has 1 amide bonds. The van der Waals surface area contributed by atoms with Crippen molar-refractivity contribution < 1.29 is 32.7 Å². The largest absolute Gasteiger partial charge is 0.462 e. The summed E-state index contributed by atoms with van der Waals surface area (Å²) in [4.78, 5) is 49.2.